The average molecular weight is 295 g/mol. The largest absolute Gasteiger partial charge is 0.493 e. The molecule has 1 atom stereocenters. The van der Waals surface area contributed by atoms with Crippen molar-refractivity contribution in [3.8, 4) is 5.75 Å². The van der Waals surface area contributed by atoms with Crippen molar-refractivity contribution in [2.75, 3.05) is 12.5 Å². The van der Waals surface area contributed by atoms with Crippen LogP contribution in [0.25, 0.3) is 11.0 Å². The molecule has 0 saturated carbocycles. The Kier molecular flexibility index (Phi) is 4.71. The fourth-order valence-corrected chi connectivity index (χ4v) is 2.24. The van der Waals surface area contributed by atoms with Gasteiger partial charge in [0.15, 0.2) is 0 Å². The highest BCUT2D eigenvalue weighted by molar-refractivity contribution is 6.18. The van der Waals surface area contributed by atoms with Gasteiger partial charge in [-0.25, -0.2) is 4.79 Å². The van der Waals surface area contributed by atoms with Gasteiger partial charge in [-0.1, -0.05) is 13.8 Å². The quantitative estimate of drug-likeness (QED) is 0.620. The molecule has 0 bridgehead atoms. The zero-order valence-corrected chi connectivity index (χ0v) is 12.8. The molecule has 4 heteroatoms. The molecule has 2 aromatic rings. The number of aryl methyl sites for hydroxylation is 1. The first kappa shape index (κ1) is 14.9. The Morgan fingerprint density at radius 2 is 2.15 bits per heavy atom. The number of ether oxygens (including phenoxy) is 1. The van der Waals surface area contributed by atoms with Crippen LogP contribution in [-0.4, -0.2) is 12.5 Å². The Hall–Kier alpha value is -1.48. The molecule has 0 aliphatic heterocycles. The molecular formula is C16H19ClO3. The van der Waals surface area contributed by atoms with E-state index in [0.29, 0.717) is 30.4 Å². The molecule has 0 amide bonds. The lowest BCUT2D eigenvalue weighted by Crippen LogP contribution is -2.10. The van der Waals surface area contributed by atoms with Gasteiger partial charge in [0.25, 0.3) is 0 Å². The van der Waals surface area contributed by atoms with Crippen LogP contribution >= 0.6 is 11.6 Å². The highest BCUT2D eigenvalue weighted by Gasteiger charge is 2.11. The predicted molar refractivity (Wildman–Crippen MR) is 82.0 cm³/mol. The predicted octanol–water partition coefficient (Wildman–Crippen LogP) is 3.92. The van der Waals surface area contributed by atoms with E-state index in [0.717, 1.165) is 22.3 Å². The van der Waals surface area contributed by atoms with Crippen molar-refractivity contribution in [1.82, 2.24) is 0 Å². The Balaban J connectivity index is 2.40. The third kappa shape index (κ3) is 2.98. The maximum Gasteiger partial charge on any atom is 0.339 e. The summed E-state index contributed by atoms with van der Waals surface area (Å²) < 4.78 is 11.1. The van der Waals surface area contributed by atoms with Gasteiger partial charge < -0.3 is 9.15 Å². The summed E-state index contributed by atoms with van der Waals surface area (Å²) in [6.07, 6.45) is 0.665. The monoisotopic (exact) mass is 294 g/mol. The molecule has 0 spiro atoms. The molecule has 3 nitrogen and oxygen atoms in total. The van der Waals surface area contributed by atoms with Crippen LogP contribution in [0, 0.1) is 12.8 Å². The first-order valence-electron chi connectivity index (χ1n) is 6.81. The number of rotatable bonds is 5. The minimum atomic E-state index is -0.248. The van der Waals surface area contributed by atoms with Gasteiger partial charge in [0.1, 0.15) is 11.3 Å². The van der Waals surface area contributed by atoms with E-state index in [1.165, 1.54) is 0 Å². The number of alkyl halides is 1. The molecule has 0 aliphatic carbocycles. The molecule has 0 saturated heterocycles. The Morgan fingerprint density at radius 1 is 1.40 bits per heavy atom. The standard InChI is InChI=1S/C16H19ClO3/c1-4-13-11(3)14-7-12(19-9-10(2)8-17)5-6-15(14)20-16(13)18/h5-7,10H,4,8-9H2,1-3H3. The number of fused-ring (bicyclic) bond motifs is 1. The molecule has 1 aromatic heterocycles. The van der Waals surface area contributed by atoms with Gasteiger partial charge in [-0.3, -0.25) is 0 Å². The van der Waals surface area contributed by atoms with Crippen LogP contribution < -0.4 is 10.4 Å². The maximum absolute atomic E-state index is 11.8. The van der Waals surface area contributed by atoms with Gasteiger partial charge >= 0.3 is 5.63 Å². The summed E-state index contributed by atoms with van der Waals surface area (Å²) in [6, 6.07) is 5.52. The van der Waals surface area contributed by atoms with E-state index in [9.17, 15) is 4.79 Å². The lowest BCUT2D eigenvalue weighted by molar-refractivity contribution is 0.273. The van der Waals surface area contributed by atoms with E-state index in [4.69, 9.17) is 20.8 Å². The second-order valence-corrected chi connectivity index (χ2v) is 5.38. The highest BCUT2D eigenvalue weighted by atomic mass is 35.5. The zero-order valence-electron chi connectivity index (χ0n) is 12.0. The lowest BCUT2D eigenvalue weighted by atomic mass is 10.0. The van der Waals surface area contributed by atoms with Gasteiger partial charge in [0, 0.05) is 22.7 Å². The van der Waals surface area contributed by atoms with Crippen molar-refractivity contribution in [2.24, 2.45) is 5.92 Å². The van der Waals surface area contributed by atoms with E-state index in [1.54, 1.807) is 6.07 Å². The molecule has 0 radical (unpaired) electrons. The number of halogens is 1. The minimum absolute atomic E-state index is 0.248. The highest BCUT2D eigenvalue weighted by Crippen LogP contribution is 2.25. The molecule has 2 rings (SSSR count). The molecule has 1 aromatic carbocycles. The molecule has 0 fully saturated rings. The van der Waals surface area contributed by atoms with Crippen molar-refractivity contribution in [3.63, 3.8) is 0 Å². The summed E-state index contributed by atoms with van der Waals surface area (Å²) >= 11 is 5.77. The first-order chi connectivity index (χ1) is 9.56. The van der Waals surface area contributed by atoms with E-state index < -0.39 is 0 Å². The number of hydrogen-bond acceptors (Lipinski definition) is 3. The van der Waals surface area contributed by atoms with E-state index in [1.807, 2.05) is 32.9 Å². The normalized spacial score (nSPS) is 12.6. The minimum Gasteiger partial charge on any atom is -0.493 e. The summed E-state index contributed by atoms with van der Waals surface area (Å²) in [5.41, 5.74) is 2.04. The third-order valence-electron chi connectivity index (χ3n) is 3.41. The van der Waals surface area contributed by atoms with Gasteiger partial charge in [0.2, 0.25) is 0 Å². The third-order valence-corrected chi connectivity index (χ3v) is 3.94. The summed E-state index contributed by atoms with van der Waals surface area (Å²) in [5, 5.41) is 0.928. The van der Waals surface area contributed by atoms with E-state index in [-0.39, 0.29) is 5.63 Å². The fraction of sp³-hybridized carbons (Fsp3) is 0.438. The van der Waals surface area contributed by atoms with Crippen LogP contribution in [0.3, 0.4) is 0 Å². The Bertz CT molecular complexity index is 661. The second kappa shape index (κ2) is 6.31. The van der Waals surface area contributed by atoms with Crippen LogP contribution in [0.15, 0.2) is 27.4 Å². The zero-order chi connectivity index (χ0) is 14.7. The summed E-state index contributed by atoms with van der Waals surface area (Å²) in [6.45, 7) is 6.51. The van der Waals surface area contributed by atoms with Crippen molar-refractivity contribution >= 4 is 22.6 Å². The number of benzene rings is 1. The first-order valence-corrected chi connectivity index (χ1v) is 7.35. The van der Waals surface area contributed by atoms with Crippen LogP contribution in [-0.2, 0) is 6.42 Å². The van der Waals surface area contributed by atoms with Crippen molar-refractivity contribution in [3.05, 3.63) is 39.7 Å². The Labute approximate surface area is 123 Å². The topological polar surface area (TPSA) is 39.4 Å². The van der Waals surface area contributed by atoms with Crippen LogP contribution in [0.4, 0.5) is 0 Å². The molecule has 20 heavy (non-hydrogen) atoms. The number of hydrogen-bond donors (Lipinski definition) is 0. The van der Waals surface area contributed by atoms with Crippen molar-refractivity contribution in [1.29, 1.82) is 0 Å². The van der Waals surface area contributed by atoms with Crippen LogP contribution in [0.2, 0.25) is 0 Å². The Morgan fingerprint density at radius 3 is 2.80 bits per heavy atom. The molecule has 0 N–H and O–H groups in total. The van der Waals surface area contributed by atoms with Gasteiger partial charge in [0.05, 0.1) is 6.61 Å². The average Bonchev–Trinajstić information content (AvgIpc) is 2.45. The lowest BCUT2D eigenvalue weighted by Gasteiger charge is -2.12. The van der Waals surface area contributed by atoms with Gasteiger partial charge in [-0.15, -0.1) is 11.6 Å². The van der Waals surface area contributed by atoms with Gasteiger partial charge in [-0.05, 0) is 37.1 Å². The molecule has 1 unspecified atom stereocenters. The fourth-order valence-electron chi connectivity index (χ4n) is 2.15. The summed E-state index contributed by atoms with van der Waals surface area (Å²) in [5.74, 6) is 1.64. The van der Waals surface area contributed by atoms with Crippen molar-refractivity contribution < 1.29 is 9.15 Å². The smallest absolute Gasteiger partial charge is 0.339 e. The van der Waals surface area contributed by atoms with Gasteiger partial charge in [-0.2, -0.15) is 0 Å². The SMILES string of the molecule is CCc1c(C)c2cc(OCC(C)CCl)ccc2oc1=O. The van der Waals surface area contributed by atoms with E-state index in [2.05, 4.69) is 0 Å². The van der Waals surface area contributed by atoms with Crippen LogP contribution in [0.1, 0.15) is 25.0 Å². The second-order valence-electron chi connectivity index (χ2n) is 5.08. The molecule has 0 aliphatic rings. The van der Waals surface area contributed by atoms with E-state index >= 15 is 0 Å². The summed E-state index contributed by atoms with van der Waals surface area (Å²) in [4.78, 5) is 11.8. The molecule has 1 heterocycles. The molecule has 108 valence electrons. The summed E-state index contributed by atoms with van der Waals surface area (Å²) in [7, 11) is 0. The van der Waals surface area contributed by atoms with Crippen molar-refractivity contribution in [2.45, 2.75) is 27.2 Å². The molecular weight excluding hydrogens is 276 g/mol. The maximum atomic E-state index is 11.8. The van der Waals surface area contributed by atoms with Crippen LogP contribution in [0.5, 0.6) is 5.75 Å².